The maximum absolute atomic E-state index is 12.2. The van der Waals surface area contributed by atoms with Crippen LogP contribution in [0.5, 0.6) is 5.75 Å². The third-order valence-electron chi connectivity index (χ3n) is 3.95. The van der Waals surface area contributed by atoms with E-state index in [1.807, 2.05) is 0 Å². The van der Waals surface area contributed by atoms with Crippen molar-refractivity contribution >= 4 is 28.5 Å². The highest BCUT2D eigenvalue weighted by atomic mass is 127. The minimum atomic E-state index is -0.164. The van der Waals surface area contributed by atoms with Crippen molar-refractivity contribution in [2.75, 3.05) is 0 Å². The molecule has 3 nitrogen and oxygen atoms in total. The van der Waals surface area contributed by atoms with Gasteiger partial charge in [0.15, 0.2) is 0 Å². The fraction of sp³-hybridized carbons (Fsp3) is 0.533. The number of phenolic OH excluding ortho intramolecular Hbond substituents is 1. The number of hydrogen-bond acceptors (Lipinski definition) is 2. The second kappa shape index (κ2) is 6.11. The molecule has 0 aliphatic heterocycles. The van der Waals surface area contributed by atoms with Gasteiger partial charge in [0.05, 0.1) is 5.56 Å². The lowest BCUT2D eigenvalue weighted by atomic mass is 9.80. The van der Waals surface area contributed by atoms with Crippen LogP contribution in [0, 0.1) is 15.4 Å². The highest BCUT2D eigenvalue weighted by Gasteiger charge is 2.27. The van der Waals surface area contributed by atoms with Crippen molar-refractivity contribution < 1.29 is 9.90 Å². The molecule has 3 atom stereocenters. The number of nitrogens with one attached hydrogen (secondary N) is 1. The lowest BCUT2D eigenvalue weighted by Crippen LogP contribution is -2.42. The van der Waals surface area contributed by atoms with Crippen LogP contribution < -0.4 is 5.32 Å². The van der Waals surface area contributed by atoms with Gasteiger partial charge in [0.2, 0.25) is 0 Å². The van der Waals surface area contributed by atoms with E-state index in [1.165, 1.54) is 0 Å². The van der Waals surface area contributed by atoms with E-state index < -0.39 is 0 Å². The molecule has 1 aliphatic rings. The summed E-state index contributed by atoms with van der Waals surface area (Å²) >= 11 is 2.14. The zero-order valence-electron chi connectivity index (χ0n) is 11.3. The summed E-state index contributed by atoms with van der Waals surface area (Å²) in [6.07, 6.45) is 3.34. The van der Waals surface area contributed by atoms with Crippen molar-refractivity contribution in [3.63, 3.8) is 0 Å². The van der Waals surface area contributed by atoms with Gasteiger partial charge in [-0.3, -0.25) is 4.79 Å². The molecule has 1 aliphatic carbocycles. The molecule has 0 spiro atoms. The van der Waals surface area contributed by atoms with Gasteiger partial charge in [0, 0.05) is 9.61 Å². The second-order valence-corrected chi connectivity index (χ2v) is 6.88. The van der Waals surface area contributed by atoms with Crippen molar-refractivity contribution in [3.8, 4) is 5.75 Å². The van der Waals surface area contributed by atoms with Crippen molar-refractivity contribution in [2.45, 2.75) is 39.2 Å². The Balaban J connectivity index is 2.06. The van der Waals surface area contributed by atoms with Crippen LogP contribution in [0.3, 0.4) is 0 Å². The largest absolute Gasteiger partial charge is 0.507 e. The van der Waals surface area contributed by atoms with E-state index in [1.54, 1.807) is 18.2 Å². The molecule has 2 rings (SSSR count). The number of halogens is 1. The summed E-state index contributed by atoms with van der Waals surface area (Å²) in [6.45, 7) is 4.45. The summed E-state index contributed by atoms with van der Waals surface area (Å²) in [5.41, 5.74) is 0.373. The lowest BCUT2D eigenvalue weighted by molar-refractivity contribution is 0.0897. The Bertz CT molecular complexity index is 475. The predicted molar refractivity (Wildman–Crippen MR) is 84.3 cm³/mol. The minimum Gasteiger partial charge on any atom is -0.507 e. The second-order valence-electron chi connectivity index (χ2n) is 5.64. The molecule has 1 aromatic carbocycles. The molecule has 0 bridgehead atoms. The topological polar surface area (TPSA) is 49.3 Å². The molecule has 4 heteroatoms. The molecule has 104 valence electrons. The maximum atomic E-state index is 12.2. The number of aromatic hydroxyl groups is 1. The average Bonchev–Trinajstić information content (AvgIpc) is 2.35. The first kappa shape index (κ1) is 14.6. The zero-order valence-corrected chi connectivity index (χ0v) is 13.5. The van der Waals surface area contributed by atoms with Crippen molar-refractivity contribution in [1.29, 1.82) is 0 Å². The Morgan fingerprint density at radius 3 is 2.79 bits per heavy atom. The molecule has 1 saturated carbocycles. The van der Waals surface area contributed by atoms with Crippen LogP contribution in [0.1, 0.15) is 43.5 Å². The summed E-state index contributed by atoms with van der Waals surface area (Å²) in [4.78, 5) is 12.2. The van der Waals surface area contributed by atoms with Crippen LogP contribution in [-0.2, 0) is 0 Å². The first-order chi connectivity index (χ1) is 8.97. The summed E-state index contributed by atoms with van der Waals surface area (Å²) in [6, 6.07) is 5.31. The van der Waals surface area contributed by atoms with Crippen LogP contribution in [0.15, 0.2) is 18.2 Å². The number of carbonyl (C=O) groups is 1. The Morgan fingerprint density at radius 2 is 2.11 bits per heavy atom. The fourth-order valence-electron chi connectivity index (χ4n) is 2.82. The Morgan fingerprint density at radius 1 is 1.37 bits per heavy atom. The first-order valence-corrected chi connectivity index (χ1v) is 7.84. The van der Waals surface area contributed by atoms with Crippen molar-refractivity contribution in [2.24, 2.45) is 11.8 Å². The van der Waals surface area contributed by atoms with Crippen LogP contribution >= 0.6 is 22.6 Å². The SMILES string of the molecule is CC1CCC(NC(=O)c2cc(I)ccc2O)C(C)C1. The summed E-state index contributed by atoms with van der Waals surface area (Å²) in [5, 5.41) is 12.8. The molecule has 0 heterocycles. The smallest absolute Gasteiger partial charge is 0.255 e. The van der Waals surface area contributed by atoms with Gasteiger partial charge in [0.1, 0.15) is 5.75 Å². The van der Waals surface area contributed by atoms with Gasteiger partial charge in [-0.1, -0.05) is 13.8 Å². The Hall–Kier alpha value is -0.780. The number of phenols is 1. The van der Waals surface area contributed by atoms with Gasteiger partial charge >= 0.3 is 0 Å². The quantitative estimate of drug-likeness (QED) is 0.779. The molecule has 1 aromatic rings. The van der Waals surface area contributed by atoms with Crippen LogP contribution in [0.4, 0.5) is 0 Å². The van der Waals surface area contributed by atoms with E-state index in [2.05, 4.69) is 41.8 Å². The lowest BCUT2D eigenvalue weighted by Gasteiger charge is -2.33. The molecule has 0 aromatic heterocycles. The number of amides is 1. The Labute approximate surface area is 127 Å². The third-order valence-corrected chi connectivity index (χ3v) is 4.62. The van der Waals surface area contributed by atoms with E-state index in [0.717, 1.165) is 28.8 Å². The highest BCUT2D eigenvalue weighted by Crippen LogP contribution is 2.29. The van der Waals surface area contributed by atoms with Crippen LogP contribution in [0.2, 0.25) is 0 Å². The van der Waals surface area contributed by atoms with Gasteiger partial charge in [-0.25, -0.2) is 0 Å². The molecule has 19 heavy (non-hydrogen) atoms. The molecule has 3 unspecified atom stereocenters. The van der Waals surface area contributed by atoms with Crippen molar-refractivity contribution in [1.82, 2.24) is 5.32 Å². The van der Waals surface area contributed by atoms with Gasteiger partial charge in [-0.2, -0.15) is 0 Å². The van der Waals surface area contributed by atoms with Crippen LogP contribution in [0.25, 0.3) is 0 Å². The van der Waals surface area contributed by atoms with Crippen molar-refractivity contribution in [3.05, 3.63) is 27.3 Å². The van der Waals surface area contributed by atoms with E-state index in [4.69, 9.17) is 0 Å². The van der Waals surface area contributed by atoms with Gasteiger partial charge < -0.3 is 10.4 Å². The first-order valence-electron chi connectivity index (χ1n) is 6.76. The standard InChI is InChI=1S/C15H20INO2/c1-9-3-5-13(10(2)7-9)17-15(19)12-8-11(16)4-6-14(12)18/h4,6,8-10,13,18H,3,5,7H2,1-2H3,(H,17,19). The van der Waals surface area contributed by atoms with Gasteiger partial charge in [-0.15, -0.1) is 0 Å². The molecule has 0 radical (unpaired) electrons. The molecule has 1 amide bonds. The third kappa shape index (κ3) is 3.61. The minimum absolute atomic E-state index is 0.0507. The number of benzene rings is 1. The zero-order chi connectivity index (χ0) is 14.0. The van der Waals surface area contributed by atoms with E-state index >= 15 is 0 Å². The normalized spacial score (nSPS) is 27.0. The van der Waals surface area contributed by atoms with Crippen LogP contribution in [-0.4, -0.2) is 17.1 Å². The molecule has 2 N–H and O–H groups in total. The maximum Gasteiger partial charge on any atom is 0.255 e. The number of rotatable bonds is 2. The summed E-state index contributed by atoms with van der Waals surface area (Å²) in [5.74, 6) is 1.13. The molecule has 1 fully saturated rings. The fourth-order valence-corrected chi connectivity index (χ4v) is 3.31. The Kier molecular flexibility index (Phi) is 4.71. The molecular formula is C15H20INO2. The molecule has 0 saturated heterocycles. The highest BCUT2D eigenvalue weighted by molar-refractivity contribution is 14.1. The number of hydrogen-bond donors (Lipinski definition) is 2. The monoisotopic (exact) mass is 373 g/mol. The van der Waals surface area contributed by atoms with E-state index in [-0.39, 0.29) is 17.7 Å². The summed E-state index contributed by atoms with van der Waals surface area (Å²) in [7, 11) is 0. The molecular weight excluding hydrogens is 353 g/mol. The van der Waals surface area contributed by atoms with Gasteiger partial charge in [0.25, 0.3) is 5.91 Å². The van der Waals surface area contributed by atoms with Gasteiger partial charge in [-0.05, 0) is 71.9 Å². The predicted octanol–water partition coefficient (Wildman–Crippen LogP) is 3.55. The summed E-state index contributed by atoms with van der Waals surface area (Å²) < 4.78 is 0.950. The number of carbonyl (C=O) groups excluding carboxylic acids is 1. The average molecular weight is 373 g/mol. The van der Waals surface area contributed by atoms with E-state index in [9.17, 15) is 9.90 Å². The van der Waals surface area contributed by atoms with E-state index in [0.29, 0.717) is 11.5 Å².